The molecule has 1 N–H and O–H groups in total. The van der Waals surface area contributed by atoms with E-state index in [9.17, 15) is 4.79 Å². The van der Waals surface area contributed by atoms with E-state index in [0.717, 1.165) is 11.7 Å². The third kappa shape index (κ3) is 3.62. The van der Waals surface area contributed by atoms with Crippen LogP contribution in [-0.2, 0) is 16.8 Å². The van der Waals surface area contributed by atoms with Gasteiger partial charge in [0.1, 0.15) is 0 Å². The largest absolute Gasteiger partial charge is 0.481 e. The molecule has 21 heavy (non-hydrogen) atoms. The molecule has 0 unspecified atom stereocenters. The van der Waals surface area contributed by atoms with E-state index in [-0.39, 0.29) is 11.2 Å². The van der Waals surface area contributed by atoms with Gasteiger partial charge in [0, 0.05) is 23.9 Å². The fourth-order valence-electron chi connectivity index (χ4n) is 2.75. The topological polar surface area (TPSA) is 55.1 Å². The zero-order valence-corrected chi connectivity index (χ0v) is 14.5. The van der Waals surface area contributed by atoms with Gasteiger partial charge in [-0.3, -0.25) is 4.79 Å². The lowest BCUT2D eigenvalue weighted by Gasteiger charge is -2.27. The smallest absolute Gasteiger partial charge is 0.313 e. The van der Waals surface area contributed by atoms with Crippen molar-refractivity contribution < 1.29 is 9.90 Å². The average Bonchev–Trinajstić information content (AvgIpc) is 3.00. The summed E-state index contributed by atoms with van der Waals surface area (Å²) in [6.45, 7) is 12.1. The number of rotatable bonds is 6. The Bertz CT molecular complexity index is 525. The molecule has 118 valence electrons. The van der Waals surface area contributed by atoms with Gasteiger partial charge in [-0.2, -0.15) is 0 Å². The fourth-order valence-corrected chi connectivity index (χ4v) is 3.44. The van der Waals surface area contributed by atoms with Crippen molar-refractivity contribution >= 4 is 17.7 Å². The van der Waals surface area contributed by atoms with Crippen LogP contribution in [0.2, 0.25) is 0 Å². The van der Waals surface area contributed by atoms with E-state index in [2.05, 4.69) is 44.2 Å². The molecule has 0 aromatic carbocycles. The number of hydrogen-bond donors (Lipinski definition) is 1. The SMILES string of the molecule is CC(C)C1(Cn2c(C(C)(C)C)cnc2SCC(=O)O)CC1. The summed E-state index contributed by atoms with van der Waals surface area (Å²) < 4.78 is 2.26. The van der Waals surface area contributed by atoms with Gasteiger partial charge in [0.25, 0.3) is 0 Å². The Morgan fingerprint density at radius 2 is 2.10 bits per heavy atom. The van der Waals surface area contributed by atoms with Crippen LogP contribution in [0.1, 0.15) is 53.2 Å². The number of hydrogen-bond acceptors (Lipinski definition) is 3. The predicted octanol–water partition coefficient (Wildman–Crippen LogP) is 3.79. The molecule has 1 aliphatic rings. The van der Waals surface area contributed by atoms with Gasteiger partial charge in [0.05, 0.1) is 5.75 Å². The van der Waals surface area contributed by atoms with E-state index >= 15 is 0 Å². The molecule has 0 atom stereocenters. The lowest BCUT2D eigenvalue weighted by Crippen LogP contribution is -2.24. The molecule has 1 saturated carbocycles. The average molecular weight is 310 g/mol. The Kier molecular flexibility index (Phi) is 4.43. The number of carbonyl (C=O) groups is 1. The van der Waals surface area contributed by atoms with Gasteiger partial charge >= 0.3 is 5.97 Å². The number of nitrogens with zero attached hydrogens (tertiary/aromatic N) is 2. The van der Waals surface area contributed by atoms with Crippen molar-refractivity contribution in [3.8, 4) is 0 Å². The highest BCUT2D eigenvalue weighted by molar-refractivity contribution is 7.99. The van der Waals surface area contributed by atoms with Crippen LogP contribution in [0.5, 0.6) is 0 Å². The molecule has 1 heterocycles. The molecule has 0 spiro atoms. The molecule has 2 rings (SSSR count). The third-order valence-electron chi connectivity index (χ3n) is 4.50. The maximum atomic E-state index is 10.8. The maximum absolute atomic E-state index is 10.8. The fraction of sp³-hybridized carbons (Fsp3) is 0.750. The Morgan fingerprint density at radius 3 is 2.52 bits per heavy atom. The molecule has 1 aromatic rings. The number of carboxylic acids is 1. The summed E-state index contributed by atoms with van der Waals surface area (Å²) >= 11 is 1.32. The predicted molar refractivity (Wildman–Crippen MR) is 85.8 cm³/mol. The summed E-state index contributed by atoms with van der Waals surface area (Å²) in [4.78, 5) is 15.3. The first-order valence-electron chi connectivity index (χ1n) is 7.56. The summed E-state index contributed by atoms with van der Waals surface area (Å²) in [5, 5.41) is 9.75. The van der Waals surface area contributed by atoms with Crippen LogP contribution in [0.15, 0.2) is 11.4 Å². The highest BCUT2D eigenvalue weighted by Crippen LogP contribution is 2.54. The Labute approximate surface area is 131 Å². The van der Waals surface area contributed by atoms with Crippen molar-refractivity contribution in [3.63, 3.8) is 0 Å². The van der Waals surface area contributed by atoms with Crippen molar-refractivity contribution in [1.82, 2.24) is 9.55 Å². The Hall–Kier alpha value is -0.970. The molecule has 0 radical (unpaired) electrons. The Balaban J connectivity index is 2.30. The number of aliphatic carboxylic acids is 1. The van der Waals surface area contributed by atoms with Gasteiger partial charge in [-0.15, -0.1) is 0 Å². The lowest BCUT2D eigenvalue weighted by atomic mass is 9.90. The molecule has 0 aliphatic heterocycles. The summed E-state index contributed by atoms with van der Waals surface area (Å²) in [7, 11) is 0. The molecular weight excluding hydrogens is 284 g/mol. The minimum Gasteiger partial charge on any atom is -0.481 e. The van der Waals surface area contributed by atoms with Gasteiger partial charge < -0.3 is 9.67 Å². The summed E-state index contributed by atoms with van der Waals surface area (Å²) in [6.07, 6.45) is 4.44. The summed E-state index contributed by atoms with van der Waals surface area (Å²) in [5.41, 5.74) is 1.59. The molecule has 5 heteroatoms. The normalized spacial score (nSPS) is 17.2. The van der Waals surface area contributed by atoms with E-state index in [1.54, 1.807) is 0 Å². The second-order valence-electron chi connectivity index (χ2n) is 7.46. The molecule has 1 fully saturated rings. The number of thioether (sulfide) groups is 1. The van der Waals surface area contributed by atoms with Gasteiger partial charge in [-0.1, -0.05) is 46.4 Å². The first-order valence-corrected chi connectivity index (χ1v) is 8.55. The van der Waals surface area contributed by atoms with Crippen LogP contribution >= 0.6 is 11.8 Å². The van der Waals surface area contributed by atoms with E-state index in [4.69, 9.17) is 5.11 Å². The van der Waals surface area contributed by atoms with Gasteiger partial charge in [0.2, 0.25) is 0 Å². The van der Waals surface area contributed by atoms with Crippen molar-refractivity contribution in [2.24, 2.45) is 11.3 Å². The highest BCUT2D eigenvalue weighted by atomic mass is 32.2. The number of carboxylic acid groups (broad SMARTS) is 1. The maximum Gasteiger partial charge on any atom is 0.313 e. The second-order valence-corrected chi connectivity index (χ2v) is 8.40. The first kappa shape index (κ1) is 16.4. The first-order chi connectivity index (χ1) is 9.66. The summed E-state index contributed by atoms with van der Waals surface area (Å²) in [5.74, 6) is -0.0863. The molecule has 0 bridgehead atoms. The Morgan fingerprint density at radius 1 is 1.48 bits per heavy atom. The minimum atomic E-state index is -0.795. The van der Waals surface area contributed by atoms with Crippen molar-refractivity contribution in [2.45, 2.75) is 64.6 Å². The number of imidazole rings is 1. The van der Waals surface area contributed by atoms with Crippen LogP contribution in [0, 0.1) is 11.3 Å². The zero-order valence-electron chi connectivity index (χ0n) is 13.6. The quantitative estimate of drug-likeness (QED) is 0.812. The molecular formula is C16H26N2O2S. The third-order valence-corrected chi connectivity index (χ3v) is 5.48. The van der Waals surface area contributed by atoms with E-state index in [1.807, 2.05) is 6.20 Å². The summed E-state index contributed by atoms with van der Waals surface area (Å²) in [6, 6.07) is 0. The van der Waals surface area contributed by atoms with Gasteiger partial charge in [0.15, 0.2) is 5.16 Å². The zero-order chi connectivity index (χ0) is 15.8. The van der Waals surface area contributed by atoms with Gasteiger partial charge in [-0.05, 0) is 24.2 Å². The lowest BCUT2D eigenvalue weighted by molar-refractivity contribution is -0.133. The molecule has 4 nitrogen and oxygen atoms in total. The number of aromatic nitrogens is 2. The standard InChI is InChI=1S/C16H26N2O2S/c1-11(2)16(6-7-16)10-18-12(15(3,4)5)8-17-14(18)21-9-13(19)20/h8,11H,6-7,9-10H2,1-5H3,(H,19,20). The van der Waals surface area contributed by atoms with Crippen LogP contribution in [0.3, 0.4) is 0 Å². The van der Waals surface area contributed by atoms with E-state index in [0.29, 0.717) is 11.3 Å². The molecule has 0 saturated heterocycles. The molecule has 1 aromatic heterocycles. The highest BCUT2D eigenvalue weighted by Gasteiger charge is 2.46. The van der Waals surface area contributed by atoms with Crippen molar-refractivity contribution in [3.05, 3.63) is 11.9 Å². The van der Waals surface area contributed by atoms with Crippen molar-refractivity contribution in [2.75, 3.05) is 5.75 Å². The van der Waals surface area contributed by atoms with Crippen LogP contribution < -0.4 is 0 Å². The minimum absolute atomic E-state index is 0.0160. The van der Waals surface area contributed by atoms with Crippen LogP contribution in [0.25, 0.3) is 0 Å². The monoisotopic (exact) mass is 310 g/mol. The van der Waals surface area contributed by atoms with Crippen molar-refractivity contribution in [1.29, 1.82) is 0 Å². The second kappa shape index (κ2) is 5.67. The van der Waals surface area contributed by atoms with E-state index < -0.39 is 5.97 Å². The van der Waals surface area contributed by atoms with E-state index in [1.165, 1.54) is 30.3 Å². The molecule has 0 amide bonds. The molecule has 1 aliphatic carbocycles. The van der Waals surface area contributed by atoms with Crippen LogP contribution in [-0.4, -0.2) is 26.4 Å². The van der Waals surface area contributed by atoms with Crippen LogP contribution in [0.4, 0.5) is 0 Å². The van der Waals surface area contributed by atoms with Gasteiger partial charge in [-0.25, -0.2) is 4.98 Å².